The van der Waals surface area contributed by atoms with Gasteiger partial charge in [-0.05, 0) is 35.9 Å². The summed E-state index contributed by atoms with van der Waals surface area (Å²) in [5.74, 6) is 0.944. The van der Waals surface area contributed by atoms with Crippen LogP contribution in [0.3, 0.4) is 0 Å². The number of hydrogen-bond acceptors (Lipinski definition) is 6. The molecular weight excluding hydrogens is 398 g/mol. The molecule has 0 radical (unpaired) electrons. The number of non-ortho nitro benzene ring substituents is 1. The molecule has 0 spiro atoms. The van der Waals surface area contributed by atoms with E-state index in [0.29, 0.717) is 28.5 Å². The molecule has 3 aromatic carbocycles. The first-order chi connectivity index (χ1) is 15.1. The summed E-state index contributed by atoms with van der Waals surface area (Å²) in [6.07, 6.45) is 1.75. The van der Waals surface area contributed by atoms with E-state index in [1.54, 1.807) is 18.2 Å². The van der Waals surface area contributed by atoms with Crippen LogP contribution in [0.4, 0.5) is 11.4 Å². The Morgan fingerprint density at radius 3 is 2.45 bits per heavy atom. The number of hydrazone groups is 1. The van der Waals surface area contributed by atoms with Crippen molar-refractivity contribution >= 4 is 29.1 Å². The number of amides is 1. The molecule has 0 atom stereocenters. The molecule has 2 aliphatic heterocycles. The molecule has 0 saturated heterocycles. The Morgan fingerprint density at radius 2 is 1.71 bits per heavy atom. The molecular formula is C23H15N3O5. The minimum atomic E-state index is -0.487. The zero-order valence-electron chi connectivity index (χ0n) is 16.1. The maximum Gasteiger partial charge on any atom is 0.281 e. The number of nitro benzene ring substituents is 1. The monoisotopic (exact) mass is 413 g/mol. The third kappa shape index (κ3) is 3.40. The predicted octanol–water partition coefficient (Wildman–Crippen LogP) is 4.16. The Morgan fingerprint density at radius 1 is 0.968 bits per heavy atom. The minimum absolute atomic E-state index is 0.0567. The van der Waals surface area contributed by atoms with Crippen molar-refractivity contribution in [1.29, 1.82) is 0 Å². The molecule has 1 amide bonds. The van der Waals surface area contributed by atoms with E-state index < -0.39 is 4.92 Å². The molecule has 3 aromatic rings. The lowest BCUT2D eigenvalue weighted by Gasteiger charge is -2.11. The number of ether oxygens (including phenoxy) is 2. The lowest BCUT2D eigenvalue weighted by Crippen LogP contribution is -2.21. The van der Waals surface area contributed by atoms with E-state index in [9.17, 15) is 14.9 Å². The molecule has 0 N–H and O–H groups in total. The van der Waals surface area contributed by atoms with Crippen LogP contribution in [0, 0.1) is 10.1 Å². The number of nitrogens with zero attached hydrogens (tertiary/aromatic N) is 3. The van der Waals surface area contributed by atoms with Crippen molar-refractivity contribution in [2.24, 2.45) is 5.10 Å². The van der Waals surface area contributed by atoms with Crippen LogP contribution in [0.15, 0.2) is 83.5 Å². The van der Waals surface area contributed by atoms with E-state index in [4.69, 9.17) is 9.47 Å². The summed E-state index contributed by atoms with van der Waals surface area (Å²) in [6, 6.07) is 20.5. The van der Waals surface area contributed by atoms with Crippen molar-refractivity contribution in [3.63, 3.8) is 0 Å². The molecule has 5 rings (SSSR count). The van der Waals surface area contributed by atoms with Gasteiger partial charge in [0.05, 0.1) is 16.2 Å². The summed E-state index contributed by atoms with van der Waals surface area (Å²) in [5, 5.41) is 16.7. The number of fused-ring (bicyclic) bond motifs is 1. The maximum absolute atomic E-state index is 13.3. The number of carbonyl (C=O) groups is 1. The number of benzene rings is 3. The van der Waals surface area contributed by atoms with Crippen molar-refractivity contribution in [3.8, 4) is 11.5 Å². The van der Waals surface area contributed by atoms with Crippen LogP contribution in [0.2, 0.25) is 0 Å². The third-order valence-corrected chi connectivity index (χ3v) is 4.94. The molecule has 0 unspecified atom stereocenters. The Bertz CT molecular complexity index is 1250. The van der Waals surface area contributed by atoms with Crippen molar-refractivity contribution in [2.75, 3.05) is 11.8 Å². The van der Waals surface area contributed by atoms with Crippen molar-refractivity contribution in [1.82, 2.24) is 0 Å². The summed E-state index contributed by atoms with van der Waals surface area (Å²) in [5.41, 5.74) is 2.86. The zero-order valence-corrected chi connectivity index (χ0v) is 16.1. The summed E-state index contributed by atoms with van der Waals surface area (Å²) in [6.45, 7) is 0.166. The smallest absolute Gasteiger partial charge is 0.281 e. The number of nitro groups is 1. The van der Waals surface area contributed by atoms with Gasteiger partial charge in [0.25, 0.3) is 11.6 Å². The highest BCUT2D eigenvalue weighted by Gasteiger charge is 2.32. The second-order valence-corrected chi connectivity index (χ2v) is 6.88. The molecule has 0 bridgehead atoms. The Hall–Kier alpha value is -4.46. The highest BCUT2D eigenvalue weighted by Crippen LogP contribution is 2.34. The van der Waals surface area contributed by atoms with Gasteiger partial charge in [-0.3, -0.25) is 14.9 Å². The van der Waals surface area contributed by atoms with Crippen LogP contribution in [0.25, 0.3) is 6.08 Å². The van der Waals surface area contributed by atoms with E-state index in [1.807, 2.05) is 36.4 Å². The van der Waals surface area contributed by atoms with Crippen LogP contribution in [0.1, 0.15) is 11.1 Å². The van der Waals surface area contributed by atoms with Gasteiger partial charge in [0.15, 0.2) is 11.5 Å². The van der Waals surface area contributed by atoms with Crippen molar-refractivity contribution in [2.45, 2.75) is 0 Å². The minimum Gasteiger partial charge on any atom is -0.454 e. The molecule has 31 heavy (non-hydrogen) atoms. The van der Waals surface area contributed by atoms with Gasteiger partial charge in [0.1, 0.15) is 5.71 Å². The number of rotatable bonds is 4. The first-order valence-corrected chi connectivity index (χ1v) is 9.45. The molecule has 2 heterocycles. The van der Waals surface area contributed by atoms with Gasteiger partial charge < -0.3 is 9.47 Å². The van der Waals surface area contributed by atoms with E-state index in [1.165, 1.54) is 29.3 Å². The van der Waals surface area contributed by atoms with Crippen molar-refractivity contribution in [3.05, 3.63) is 99.6 Å². The van der Waals surface area contributed by atoms with E-state index in [-0.39, 0.29) is 18.4 Å². The molecule has 0 fully saturated rings. The van der Waals surface area contributed by atoms with Gasteiger partial charge >= 0.3 is 0 Å². The van der Waals surface area contributed by atoms with Gasteiger partial charge in [0.2, 0.25) is 6.79 Å². The van der Waals surface area contributed by atoms with Gasteiger partial charge in [-0.2, -0.15) is 10.1 Å². The number of carbonyl (C=O) groups excluding carboxylic acids is 1. The van der Waals surface area contributed by atoms with E-state index in [0.717, 1.165) is 11.1 Å². The maximum atomic E-state index is 13.3. The van der Waals surface area contributed by atoms with E-state index >= 15 is 0 Å². The SMILES string of the molecule is O=C1/C(=C/c2ccc3c(c2)OCO3)C(c2ccccc2)=NN1c1ccc([N+](=O)[O-])cc1. The van der Waals surface area contributed by atoms with Gasteiger partial charge in [-0.1, -0.05) is 36.4 Å². The largest absolute Gasteiger partial charge is 0.454 e. The Kier molecular flexibility index (Phi) is 4.44. The third-order valence-electron chi connectivity index (χ3n) is 4.94. The van der Waals surface area contributed by atoms with Crippen LogP contribution < -0.4 is 14.5 Å². The number of hydrogen-bond donors (Lipinski definition) is 0. The average molecular weight is 413 g/mol. The lowest BCUT2D eigenvalue weighted by molar-refractivity contribution is -0.384. The molecule has 2 aliphatic rings. The quantitative estimate of drug-likeness (QED) is 0.364. The van der Waals surface area contributed by atoms with Crippen molar-refractivity contribution < 1.29 is 19.2 Å². The fourth-order valence-corrected chi connectivity index (χ4v) is 3.41. The summed E-state index contributed by atoms with van der Waals surface area (Å²) >= 11 is 0. The highest BCUT2D eigenvalue weighted by molar-refractivity contribution is 6.37. The Labute approximate surface area is 176 Å². The molecule has 8 heteroatoms. The Balaban J connectivity index is 1.57. The number of anilines is 1. The lowest BCUT2D eigenvalue weighted by atomic mass is 10.00. The van der Waals surface area contributed by atoms with Gasteiger partial charge in [0, 0.05) is 17.7 Å². The van der Waals surface area contributed by atoms with Gasteiger partial charge in [-0.25, -0.2) is 0 Å². The van der Waals surface area contributed by atoms with Crippen LogP contribution in [-0.2, 0) is 4.79 Å². The normalized spacial score (nSPS) is 16.0. The van der Waals surface area contributed by atoms with Gasteiger partial charge in [-0.15, -0.1) is 0 Å². The standard InChI is InChI=1S/C23H15N3O5/c27-23-19(12-15-6-11-20-21(13-15)31-14-30-20)22(16-4-2-1-3-5-16)24-25(23)17-7-9-18(10-8-17)26(28)29/h1-13H,14H2/b19-12+. The molecule has 152 valence electrons. The molecule has 8 nitrogen and oxygen atoms in total. The zero-order chi connectivity index (χ0) is 21.4. The second-order valence-electron chi connectivity index (χ2n) is 6.88. The summed E-state index contributed by atoms with van der Waals surface area (Å²) < 4.78 is 10.8. The molecule has 0 aliphatic carbocycles. The molecule has 0 saturated carbocycles. The molecule has 0 aromatic heterocycles. The summed E-state index contributed by atoms with van der Waals surface area (Å²) in [7, 11) is 0. The fraction of sp³-hybridized carbons (Fsp3) is 0.0435. The predicted molar refractivity (Wildman–Crippen MR) is 114 cm³/mol. The average Bonchev–Trinajstić information content (AvgIpc) is 3.39. The summed E-state index contributed by atoms with van der Waals surface area (Å²) in [4.78, 5) is 23.8. The first-order valence-electron chi connectivity index (χ1n) is 9.45. The first kappa shape index (κ1) is 18.6. The van der Waals surface area contributed by atoms with Crippen LogP contribution in [0.5, 0.6) is 11.5 Å². The topological polar surface area (TPSA) is 94.3 Å². The van der Waals surface area contributed by atoms with Crippen LogP contribution >= 0.6 is 0 Å². The van der Waals surface area contributed by atoms with E-state index in [2.05, 4.69) is 5.10 Å². The van der Waals surface area contributed by atoms with Crippen LogP contribution in [-0.4, -0.2) is 23.3 Å². The highest BCUT2D eigenvalue weighted by atomic mass is 16.7. The fourth-order valence-electron chi connectivity index (χ4n) is 3.41. The second kappa shape index (κ2) is 7.42.